The number of carbonyl (C=O) groups is 2. The van der Waals surface area contributed by atoms with Crippen LogP contribution in [0.1, 0.15) is 78.4 Å². The molecule has 3 rings (SSSR count). The second-order valence-electron chi connectivity index (χ2n) is 10.9. The average Bonchev–Trinajstić information content (AvgIpc) is 2.77. The lowest BCUT2D eigenvalue weighted by Gasteiger charge is -2.41. The fourth-order valence-corrected chi connectivity index (χ4v) is 5.18. The summed E-state index contributed by atoms with van der Waals surface area (Å²) in [6.07, 6.45) is 3.28. The van der Waals surface area contributed by atoms with E-state index in [-0.39, 0.29) is 29.2 Å². The first-order valence-corrected chi connectivity index (χ1v) is 12.7. The number of nitrogens with zero attached hydrogens (tertiary/aromatic N) is 2. The number of carbonyl (C=O) groups excluding carboxylic acids is 2. The van der Waals surface area contributed by atoms with Crippen molar-refractivity contribution in [2.45, 2.75) is 84.7 Å². The highest BCUT2D eigenvalue weighted by Crippen LogP contribution is 2.41. The molecule has 0 atom stereocenters. The minimum absolute atomic E-state index is 0.0694. The molecule has 0 spiro atoms. The number of piperidine rings is 2. The number of likely N-dealkylation sites (tertiary alicyclic amines) is 1. The Balaban J connectivity index is 1.72. The second kappa shape index (κ2) is 10.5. The van der Waals surface area contributed by atoms with E-state index in [1.807, 2.05) is 27.7 Å². The van der Waals surface area contributed by atoms with E-state index in [9.17, 15) is 9.59 Å². The van der Waals surface area contributed by atoms with Gasteiger partial charge in [-0.25, -0.2) is 9.18 Å². The molecule has 1 amide bonds. The fourth-order valence-electron chi connectivity index (χ4n) is 5.18. The van der Waals surface area contributed by atoms with Crippen LogP contribution in [0.15, 0.2) is 12.1 Å². The molecule has 0 bridgehead atoms. The maximum atomic E-state index is 15.7. The van der Waals surface area contributed by atoms with Crippen LogP contribution in [-0.4, -0.2) is 55.3 Å². The van der Waals surface area contributed by atoms with Gasteiger partial charge in [-0.2, -0.15) is 0 Å². The van der Waals surface area contributed by atoms with Crippen LogP contribution in [-0.2, 0) is 26.1 Å². The molecule has 2 aliphatic heterocycles. The normalized spacial score (nSPS) is 19.1. The molecule has 0 N–H and O–H groups in total. The molecule has 34 heavy (non-hydrogen) atoms. The molecular formula is C27H41FN2O4. The van der Waals surface area contributed by atoms with Crippen molar-refractivity contribution in [3.8, 4) is 0 Å². The van der Waals surface area contributed by atoms with Crippen molar-refractivity contribution in [2.75, 3.05) is 37.7 Å². The standard InChI is InChI=1S/C27H41FN2O4/c1-7-19-17-21(29-13-9-20(10-14-29)24(31)33-8-2)18-22(28)23(19)27(6)11-15-30(16-12-27)25(32)34-26(3,4)5/h17-18,20H,7-16H2,1-6H3. The quantitative estimate of drug-likeness (QED) is 0.529. The first kappa shape index (κ1) is 26.3. The third-order valence-corrected chi connectivity index (χ3v) is 7.14. The Morgan fingerprint density at radius 2 is 1.71 bits per heavy atom. The molecule has 190 valence electrons. The lowest BCUT2D eigenvalue weighted by Crippen LogP contribution is -2.46. The highest BCUT2D eigenvalue weighted by molar-refractivity contribution is 5.73. The summed E-state index contributed by atoms with van der Waals surface area (Å²) in [7, 11) is 0. The lowest BCUT2D eigenvalue weighted by atomic mass is 9.72. The highest BCUT2D eigenvalue weighted by atomic mass is 19.1. The van der Waals surface area contributed by atoms with Gasteiger partial charge in [0.1, 0.15) is 11.4 Å². The topological polar surface area (TPSA) is 59.1 Å². The third-order valence-electron chi connectivity index (χ3n) is 7.14. The van der Waals surface area contributed by atoms with Gasteiger partial charge in [-0.15, -0.1) is 0 Å². The number of anilines is 1. The molecule has 2 aliphatic rings. The Hall–Kier alpha value is -2.31. The summed E-state index contributed by atoms with van der Waals surface area (Å²) in [5.41, 5.74) is 1.83. The van der Waals surface area contributed by atoms with Crippen molar-refractivity contribution < 1.29 is 23.5 Å². The van der Waals surface area contributed by atoms with E-state index in [4.69, 9.17) is 9.47 Å². The number of amides is 1. The summed E-state index contributed by atoms with van der Waals surface area (Å²) < 4.78 is 26.3. The third kappa shape index (κ3) is 6.02. The number of halogens is 1. The molecule has 2 saturated heterocycles. The molecule has 0 saturated carbocycles. The monoisotopic (exact) mass is 476 g/mol. The molecule has 7 heteroatoms. The summed E-state index contributed by atoms with van der Waals surface area (Å²) in [6.45, 7) is 14.5. The van der Waals surface area contributed by atoms with Crippen molar-refractivity contribution >= 4 is 17.7 Å². The van der Waals surface area contributed by atoms with Crippen LogP contribution in [0.3, 0.4) is 0 Å². The number of aryl methyl sites for hydroxylation is 1. The lowest BCUT2D eigenvalue weighted by molar-refractivity contribution is -0.148. The van der Waals surface area contributed by atoms with Crippen LogP contribution in [0.5, 0.6) is 0 Å². The van der Waals surface area contributed by atoms with Gasteiger partial charge in [0.25, 0.3) is 0 Å². The van der Waals surface area contributed by atoms with E-state index in [1.165, 1.54) is 0 Å². The van der Waals surface area contributed by atoms with Crippen LogP contribution >= 0.6 is 0 Å². The van der Waals surface area contributed by atoms with Crippen LogP contribution in [0, 0.1) is 11.7 Å². The van der Waals surface area contributed by atoms with Gasteiger partial charge in [-0.05, 0) is 88.5 Å². The minimum atomic E-state index is -0.528. The number of benzene rings is 1. The Morgan fingerprint density at radius 1 is 1.09 bits per heavy atom. The number of rotatable bonds is 5. The molecule has 6 nitrogen and oxygen atoms in total. The zero-order chi connectivity index (χ0) is 25.1. The molecule has 1 aromatic rings. The van der Waals surface area contributed by atoms with Crippen LogP contribution in [0.2, 0.25) is 0 Å². The van der Waals surface area contributed by atoms with Crippen molar-refractivity contribution in [3.63, 3.8) is 0 Å². The second-order valence-corrected chi connectivity index (χ2v) is 10.9. The molecule has 0 radical (unpaired) electrons. The maximum absolute atomic E-state index is 15.7. The average molecular weight is 477 g/mol. The summed E-state index contributed by atoms with van der Waals surface area (Å²) in [6, 6.07) is 3.78. The largest absolute Gasteiger partial charge is 0.466 e. The van der Waals surface area contributed by atoms with Crippen LogP contribution in [0.25, 0.3) is 0 Å². The van der Waals surface area contributed by atoms with Gasteiger partial charge in [-0.3, -0.25) is 4.79 Å². The summed E-state index contributed by atoms with van der Waals surface area (Å²) in [5, 5.41) is 0. The zero-order valence-corrected chi connectivity index (χ0v) is 21.7. The molecule has 0 unspecified atom stereocenters. The van der Waals surface area contributed by atoms with E-state index in [1.54, 1.807) is 11.0 Å². The first-order chi connectivity index (χ1) is 16.0. The van der Waals surface area contributed by atoms with Crippen molar-refractivity contribution in [1.29, 1.82) is 0 Å². The van der Waals surface area contributed by atoms with E-state index in [0.717, 1.165) is 36.1 Å². The first-order valence-electron chi connectivity index (χ1n) is 12.7. The summed E-state index contributed by atoms with van der Waals surface area (Å²) in [4.78, 5) is 28.4. The van der Waals surface area contributed by atoms with Gasteiger partial charge in [0, 0.05) is 31.9 Å². The van der Waals surface area contributed by atoms with Crippen LogP contribution < -0.4 is 4.90 Å². The van der Waals surface area contributed by atoms with E-state index < -0.39 is 5.60 Å². The SMILES string of the molecule is CCOC(=O)C1CCN(c2cc(F)c(C3(C)CCN(C(=O)OC(C)(C)C)CC3)c(CC)c2)CC1. The molecule has 1 aromatic carbocycles. The summed E-state index contributed by atoms with van der Waals surface area (Å²) >= 11 is 0. The fraction of sp³-hybridized carbons (Fsp3) is 0.704. The van der Waals surface area contributed by atoms with Gasteiger partial charge in [0.2, 0.25) is 0 Å². The van der Waals surface area contributed by atoms with Gasteiger partial charge >= 0.3 is 12.1 Å². The van der Waals surface area contributed by atoms with Gasteiger partial charge in [-0.1, -0.05) is 13.8 Å². The predicted molar refractivity (Wildman–Crippen MR) is 132 cm³/mol. The maximum Gasteiger partial charge on any atom is 0.410 e. The number of esters is 1. The molecule has 2 heterocycles. The Morgan fingerprint density at radius 3 is 2.24 bits per heavy atom. The molecular weight excluding hydrogens is 435 g/mol. The molecule has 0 aliphatic carbocycles. The van der Waals surface area contributed by atoms with Gasteiger partial charge in [0.05, 0.1) is 12.5 Å². The zero-order valence-electron chi connectivity index (χ0n) is 21.7. The van der Waals surface area contributed by atoms with Gasteiger partial charge in [0.15, 0.2) is 0 Å². The van der Waals surface area contributed by atoms with E-state index in [0.29, 0.717) is 45.6 Å². The van der Waals surface area contributed by atoms with Crippen molar-refractivity contribution in [2.24, 2.45) is 5.92 Å². The van der Waals surface area contributed by atoms with E-state index in [2.05, 4.69) is 24.8 Å². The van der Waals surface area contributed by atoms with Gasteiger partial charge < -0.3 is 19.3 Å². The molecule has 2 fully saturated rings. The minimum Gasteiger partial charge on any atom is -0.466 e. The smallest absolute Gasteiger partial charge is 0.410 e. The number of hydrogen-bond donors (Lipinski definition) is 0. The van der Waals surface area contributed by atoms with Crippen molar-refractivity contribution in [1.82, 2.24) is 4.90 Å². The Kier molecular flexibility index (Phi) is 8.14. The summed E-state index contributed by atoms with van der Waals surface area (Å²) in [5.74, 6) is -0.362. The van der Waals surface area contributed by atoms with Crippen LogP contribution in [0.4, 0.5) is 14.9 Å². The number of hydrogen-bond acceptors (Lipinski definition) is 5. The Bertz CT molecular complexity index is 879. The molecule has 0 aromatic heterocycles. The number of ether oxygens (including phenoxy) is 2. The van der Waals surface area contributed by atoms with Crippen molar-refractivity contribution in [3.05, 3.63) is 29.1 Å². The van der Waals surface area contributed by atoms with E-state index >= 15 is 4.39 Å². The Labute approximate surface area is 203 Å². The highest BCUT2D eigenvalue weighted by Gasteiger charge is 2.38. The predicted octanol–water partition coefficient (Wildman–Crippen LogP) is 5.46.